The van der Waals surface area contributed by atoms with Gasteiger partial charge in [0.15, 0.2) is 11.0 Å². The van der Waals surface area contributed by atoms with Crippen LogP contribution in [0, 0.1) is 6.92 Å². The van der Waals surface area contributed by atoms with E-state index in [-0.39, 0.29) is 11.2 Å². The largest absolute Gasteiger partial charge is 0.351 e. The number of nitrogens with one attached hydrogen (secondary N) is 1. The molecule has 0 radical (unpaired) electrons. The second kappa shape index (κ2) is 8.86. The van der Waals surface area contributed by atoms with Crippen LogP contribution in [0.1, 0.15) is 25.0 Å². The van der Waals surface area contributed by atoms with E-state index in [1.165, 1.54) is 11.8 Å². The summed E-state index contributed by atoms with van der Waals surface area (Å²) in [5.74, 6) is 0.835. The smallest absolute Gasteiger partial charge is 0.233 e. The maximum absolute atomic E-state index is 12.5. The number of hydrogen-bond acceptors (Lipinski definition) is 4. The summed E-state index contributed by atoms with van der Waals surface area (Å²) in [5.41, 5.74) is 3.31. The Labute approximate surface area is 164 Å². The summed E-state index contributed by atoms with van der Waals surface area (Å²) in [6.07, 6.45) is 0. The minimum absolute atomic E-state index is 0.00746. The quantitative estimate of drug-likeness (QED) is 0.628. The first-order valence-corrected chi connectivity index (χ1v) is 9.95. The van der Waals surface area contributed by atoms with Crippen LogP contribution in [0.4, 0.5) is 0 Å². The Hall–Kier alpha value is -2.60. The fourth-order valence-corrected chi connectivity index (χ4v) is 3.76. The van der Waals surface area contributed by atoms with Crippen LogP contribution >= 0.6 is 11.8 Å². The molecule has 1 atom stereocenters. The Bertz CT molecular complexity index is 908. The summed E-state index contributed by atoms with van der Waals surface area (Å²) in [4.78, 5) is 12.5. The van der Waals surface area contributed by atoms with Gasteiger partial charge in [-0.05, 0) is 31.9 Å². The number of rotatable bonds is 7. The highest BCUT2D eigenvalue weighted by Gasteiger charge is 2.20. The zero-order valence-corrected chi connectivity index (χ0v) is 16.7. The molecule has 0 aliphatic carbocycles. The fraction of sp³-hybridized carbons (Fsp3) is 0.286. The van der Waals surface area contributed by atoms with Crippen molar-refractivity contribution in [2.75, 3.05) is 0 Å². The molecule has 0 aliphatic rings. The van der Waals surface area contributed by atoms with Crippen LogP contribution < -0.4 is 5.32 Å². The Morgan fingerprint density at radius 2 is 1.81 bits per heavy atom. The van der Waals surface area contributed by atoms with Gasteiger partial charge in [-0.1, -0.05) is 66.4 Å². The third-order valence-corrected chi connectivity index (χ3v) is 5.46. The van der Waals surface area contributed by atoms with Crippen LogP contribution in [0.3, 0.4) is 0 Å². The number of carbonyl (C=O) groups is 1. The first-order valence-electron chi connectivity index (χ1n) is 9.07. The van der Waals surface area contributed by atoms with Gasteiger partial charge in [0.25, 0.3) is 0 Å². The maximum atomic E-state index is 12.5. The van der Waals surface area contributed by atoms with Crippen molar-refractivity contribution in [3.8, 4) is 11.4 Å². The van der Waals surface area contributed by atoms with Gasteiger partial charge in [-0.3, -0.25) is 4.79 Å². The number of carbonyl (C=O) groups excluding carboxylic acids is 1. The summed E-state index contributed by atoms with van der Waals surface area (Å²) >= 11 is 1.44. The summed E-state index contributed by atoms with van der Waals surface area (Å²) in [5, 5.41) is 12.2. The number of nitrogens with zero attached hydrogens (tertiary/aromatic N) is 3. The third kappa shape index (κ3) is 4.57. The second-order valence-corrected chi connectivity index (χ2v) is 7.64. The minimum Gasteiger partial charge on any atom is -0.351 e. The molecule has 3 aromatic rings. The highest BCUT2D eigenvalue weighted by Crippen LogP contribution is 2.28. The molecule has 5 nitrogen and oxygen atoms in total. The number of aromatic nitrogens is 3. The number of benzene rings is 2. The van der Waals surface area contributed by atoms with Gasteiger partial charge in [-0.25, -0.2) is 0 Å². The van der Waals surface area contributed by atoms with E-state index in [0.29, 0.717) is 6.54 Å². The van der Waals surface area contributed by atoms with E-state index in [1.54, 1.807) is 0 Å². The molecule has 1 aromatic heterocycles. The third-order valence-electron chi connectivity index (χ3n) is 4.38. The Morgan fingerprint density at radius 1 is 1.11 bits per heavy atom. The van der Waals surface area contributed by atoms with Crippen molar-refractivity contribution >= 4 is 17.7 Å². The lowest BCUT2D eigenvalue weighted by molar-refractivity contribution is -0.120. The number of amides is 1. The molecule has 0 spiro atoms. The Morgan fingerprint density at radius 3 is 2.52 bits per heavy atom. The van der Waals surface area contributed by atoms with Crippen molar-refractivity contribution in [2.24, 2.45) is 0 Å². The van der Waals surface area contributed by atoms with E-state index in [0.717, 1.165) is 34.2 Å². The lowest BCUT2D eigenvalue weighted by Gasteiger charge is -2.13. The predicted octanol–water partition coefficient (Wildman–Crippen LogP) is 4.07. The molecule has 1 heterocycles. The van der Waals surface area contributed by atoms with Crippen molar-refractivity contribution in [1.29, 1.82) is 0 Å². The topological polar surface area (TPSA) is 59.8 Å². The highest BCUT2D eigenvalue weighted by atomic mass is 32.2. The van der Waals surface area contributed by atoms with Crippen LogP contribution in [0.15, 0.2) is 59.8 Å². The highest BCUT2D eigenvalue weighted by molar-refractivity contribution is 8.00. The summed E-state index contributed by atoms with van der Waals surface area (Å²) in [7, 11) is 0. The molecule has 3 rings (SSSR count). The van der Waals surface area contributed by atoms with Crippen molar-refractivity contribution in [1.82, 2.24) is 20.1 Å². The lowest BCUT2D eigenvalue weighted by Crippen LogP contribution is -2.30. The Kier molecular flexibility index (Phi) is 6.29. The molecule has 140 valence electrons. The van der Waals surface area contributed by atoms with E-state index < -0.39 is 0 Å². The van der Waals surface area contributed by atoms with E-state index in [2.05, 4.69) is 46.1 Å². The van der Waals surface area contributed by atoms with Gasteiger partial charge in [-0.2, -0.15) is 0 Å². The van der Waals surface area contributed by atoms with Gasteiger partial charge in [0.05, 0.1) is 5.25 Å². The first kappa shape index (κ1) is 19.2. The van der Waals surface area contributed by atoms with E-state index >= 15 is 0 Å². The Balaban J connectivity index is 1.70. The van der Waals surface area contributed by atoms with Gasteiger partial charge in [0.2, 0.25) is 5.91 Å². The van der Waals surface area contributed by atoms with Crippen LogP contribution in [-0.4, -0.2) is 25.9 Å². The molecule has 0 bridgehead atoms. The number of thioether (sulfide) groups is 1. The van der Waals surface area contributed by atoms with Gasteiger partial charge in [0, 0.05) is 18.7 Å². The van der Waals surface area contributed by atoms with Crippen LogP contribution in [0.2, 0.25) is 0 Å². The van der Waals surface area contributed by atoms with E-state index in [4.69, 9.17) is 0 Å². The van der Waals surface area contributed by atoms with E-state index in [1.807, 2.05) is 49.4 Å². The predicted molar refractivity (Wildman–Crippen MR) is 109 cm³/mol. The molecule has 6 heteroatoms. The zero-order chi connectivity index (χ0) is 19.2. The van der Waals surface area contributed by atoms with Gasteiger partial charge >= 0.3 is 0 Å². The number of aryl methyl sites for hydroxylation is 1. The first-order chi connectivity index (χ1) is 13.1. The lowest BCUT2D eigenvalue weighted by atomic mass is 10.1. The van der Waals surface area contributed by atoms with Gasteiger partial charge in [0.1, 0.15) is 0 Å². The molecule has 0 aliphatic heterocycles. The molecule has 1 N–H and O–H groups in total. The molecule has 0 saturated heterocycles. The van der Waals surface area contributed by atoms with Crippen LogP contribution in [0.5, 0.6) is 0 Å². The molecule has 1 amide bonds. The molecule has 1 unspecified atom stereocenters. The summed E-state index contributed by atoms with van der Waals surface area (Å²) in [6.45, 7) is 7.30. The van der Waals surface area contributed by atoms with Gasteiger partial charge < -0.3 is 9.88 Å². The van der Waals surface area contributed by atoms with Crippen LogP contribution in [0.25, 0.3) is 11.4 Å². The standard InChI is InChI=1S/C21H24N4OS/c1-4-25-19(18-13-9-8-10-15(18)2)23-24-21(25)27-16(3)20(26)22-14-17-11-6-5-7-12-17/h5-13,16H,4,14H2,1-3H3,(H,22,26). The molecular weight excluding hydrogens is 356 g/mol. The molecule has 27 heavy (non-hydrogen) atoms. The van der Waals surface area contributed by atoms with Crippen LogP contribution in [-0.2, 0) is 17.9 Å². The second-order valence-electron chi connectivity index (χ2n) is 6.33. The fourth-order valence-electron chi connectivity index (χ4n) is 2.82. The van der Waals surface area contributed by atoms with E-state index in [9.17, 15) is 4.79 Å². The minimum atomic E-state index is -0.257. The summed E-state index contributed by atoms with van der Waals surface area (Å²) in [6, 6.07) is 18.0. The molecule has 0 saturated carbocycles. The summed E-state index contributed by atoms with van der Waals surface area (Å²) < 4.78 is 2.06. The normalized spacial score (nSPS) is 12.0. The van der Waals surface area contributed by atoms with Crippen molar-refractivity contribution < 1.29 is 4.79 Å². The van der Waals surface area contributed by atoms with Gasteiger partial charge in [-0.15, -0.1) is 10.2 Å². The monoisotopic (exact) mass is 380 g/mol. The van der Waals surface area contributed by atoms with Crippen molar-refractivity contribution in [3.63, 3.8) is 0 Å². The maximum Gasteiger partial charge on any atom is 0.233 e. The van der Waals surface area contributed by atoms with Crippen molar-refractivity contribution in [2.45, 2.75) is 44.3 Å². The van der Waals surface area contributed by atoms with Crippen molar-refractivity contribution in [3.05, 3.63) is 65.7 Å². The number of hydrogen-bond donors (Lipinski definition) is 1. The molecular formula is C21H24N4OS. The zero-order valence-electron chi connectivity index (χ0n) is 15.8. The SMILES string of the molecule is CCn1c(SC(C)C(=O)NCc2ccccc2)nnc1-c1ccccc1C. The average molecular weight is 381 g/mol. The molecule has 0 fully saturated rings. The molecule has 2 aromatic carbocycles. The average Bonchev–Trinajstić information content (AvgIpc) is 3.09.